The molecule has 3 rings (SSSR count). The molecule has 1 fully saturated rings. The van der Waals surface area contributed by atoms with E-state index < -0.39 is 0 Å². The van der Waals surface area contributed by atoms with Gasteiger partial charge < -0.3 is 15.4 Å². The Labute approximate surface area is 162 Å². The maximum absolute atomic E-state index is 12.2. The molecule has 2 N–H and O–H groups in total. The molecular weight excluding hydrogens is 368 g/mol. The summed E-state index contributed by atoms with van der Waals surface area (Å²) in [4.78, 5) is 12.2. The maximum Gasteiger partial charge on any atom is 0.230 e. The molecule has 0 aliphatic heterocycles. The Hall–Kier alpha value is -1.80. The lowest BCUT2D eigenvalue weighted by atomic mass is 9.86. The third kappa shape index (κ3) is 5.35. The number of carbonyl (C=O) groups is 1. The van der Waals surface area contributed by atoms with Crippen LogP contribution in [0.5, 0.6) is 5.75 Å². The first-order valence-corrected chi connectivity index (χ1v) is 10.6. The van der Waals surface area contributed by atoms with Crippen molar-refractivity contribution in [3.63, 3.8) is 0 Å². The van der Waals surface area contributed by atoms with Crippen molar-refractivity contribution in [2.75, 3.05) is 18.2 Å². The van der Waals surface area contributed by atoms with Crippen molar-refractivity contribution in [1.29, 1.82) is 0 Å². The fourth-order valence-electron chi connectivity index (χ4n) is 3.02. The lowest BCUT2D eigenvalue weighted by molar-refractivity contribution is -0.119. The molecule has 1 amide bonds. The number of aromatic nitrogens is 2. The average Bonchev–Trinajstić information content (AvgIpc) is 3.10. The number of thioether (sulfide) groups is 1. The molecule has 2 aromatic rings. The van der Waals surface area contributed by atoms with Gasteiger partial charge in [0.2, 0.25) is 11.0 Å². The van der Waals surface area contributed by atoms with Gasteiger partial charge in [0.25, 0.3) is 0 Å². The third-order valence-corrected chi connectivity index (χ3v) is 6.50. The summed E-state index contributed by atoms with van der Waals surface area (Å²) in [5, 5.41) is 15.4. The second-order valence-electron chi connectivity index (χ2n) is 6.45. The quantitative estimate of drug-likeness (QED) is 0.692. The number of rotatable bonds is 7. The summed E-state index contributed by atoms with van der Waals surface area (Å²) in [6.45, 7) is 2.22. The highest BCUT2D eigenvalue weighted by molar-refractivity contribution is 8.01. The molecule has 26 heavy (non-hydrogen) atoms. The summed E-state index contributed by atoms with van der Waals surface area (Å²) in [5.41, 5.74) is 0.919. The predicted octanol–water partition coefficient (Wildman–Crippen LogP) is 4.08. The molecule has 1 aromatic heterocycles. The van der Waals surface area contributed by atoms with E-state index in [2.05, 4.69) is 27.8 Å². The van der Waals surface area contributed by atoms with Crippen molar-refractivity contribution in [3.8, 4) is 5.75 Å². The fraction of sp³-hybridized carbons (Fsp3) is 0.500. The molecule has 1 heterocycles. The Morgan fingerprint density at radius 1 is 1.27 bits per heavy atom. The minimum absolute atomic E-state index is 0.0774. The molecule has 0 spiro atoms. The molecule has 1 saturated carbocycles. The van der Waals surface area contributed by atoms with E-state index in [-0.39, 0.29) is 5.91 Å². The van der Waals surface area contributed by atoms with Crippen LogP contribution < -0.4 is 15.4 Å². The van der Waals surface area contributed by atoms with Crippen LogP contribution in [0.15, 0.2) is 28.6 Å². The molecule has 0 radical (unpaired) electrons. The van der Waals surface area contributed by atoms with E-state index in [4.69, 9.17) is 4.74 Å². The standard InChI is InChI=1S/C18H24N4O2S2/c1-12-5-3-4-6-15(12)20-16(23)11-25-18-22-21-17(26-18)19-13-7-9-14(24-2)10-8-13/h7-10,12,15H,3-6,11H2,1-2H3,(H,19,21)(H,20,23)/t12-,15+/m0/s1. The van der Waals surface area contributed by atoms with Gasteiger partial charge in [-0.25, -0.2) is 0 Å². The largest absolute Gasteiger partial charge is 0.497 e. The number of amides is 1. The van der Waals surface area contributed by atoms with Gasteiger partial charge in [0.15, 0.2) is 4.34 Å². The third-order valence-electron chi connectivity index (χ3n) is 4.53. The topological polar surface area (TPSA) is 76.1 Å². The SMILES string of the molecule is COc1ccc(Nc2nnc(SCC(=O)N[C@@H]3CCCC[C@@H]3C)s2)cc1. The van der Waals surface area contributed by atoms with E-state index in [1.807, 2.05) is 24.3 Å². The zero-order chi connectivity index (χ0) is 18.4. The van der Waals surface area contributed by atoms with Crippen molar-refractivity contribution in [2.24, 2.45) is 5.92 Å². The molecule has 140 valence electrons. The van der Waals surface area contributed by atoms with Gasteiger partial charge in [0.1, 0.15) is 5.75 Å². The summed E-state index contributed by atoms with van der Waals surface area (Å²) >= 11 is 2.87. The first-order valence-electron chi connectivity index (χ1n) is 8.81. The molecule has 6 nitrogen and oxygen atoms in total. The van der Waals surface area contributed by atoms with Crippen LogP contribution in [0.25, 0.3) is 0 Å². The zero-order valence-corrected chi connectivity index (χ0v) is 16.7. The number of ether oxygens (including phenoxy) is 1. The van der Waals surface area contributed by atoms with Crippen molar-refractivity contribution in [2.45, 2.75) is 43.0 Å². The number of anilines is 2. The van der Waals surface area contributed by atoms with Gasteiger partial charge in [-0.3, -0.25) is 4.79 Å². The first-order chi connectivity index (χ1) is 12.6. The number of methoxy groups -OCH3 is 1. The summed E-state index contributed by atoms with van der Waals surface area (Å²) in [6, 6.07) is 7.93. The molecular formula is C18H24N4O2S2. The Morgan fingerprint density at radius 3 is 2.77 bits per heavy atom. The van der Waals surface area contributed by atoms with Crippen molar-refractivity contribution in [1.82, 2.24) is 15.5 Å². The molecule has 0 unspecified atom stereocenters. The Balaban J connectivity index is 1.46. The lowest BCUT2D eigenvalue weighted by Crippen LogP contribution is -2.41. The molecule has 8 heteroatoms. The lowest BCUT2D eigenvalue weighted by Gasteiger charge is -2.29. The predicted molar refractivity (Wildman–Crippen MR) is 106 cm³/mol. The number of hydrogen-bond acceptors (Lipinski definition) is 7. The second-order valence-corrected chi connectivity index (χ2v) is 8.65. The first kappa shape index (κ1) is 19.0. The van der Waals surface area contributed by atoms with E-state index >= 15 is 0 Å². The van der Waals surface area contributed by atoms with Gasteiger partial charge in [0, 0.05) is 11.7 Å². The molecule has 1 aliphatic rings. The minimum atomic E-state index is 0.0774. The van der Waals surface area contributed by atoms with Gasteiger partial charge in [-0.15, -0.1) is 10.2 Å². The normalized spacial score (nSPS) is 19.8. The van der Waals surface area contributed by atoms with Gasteiger partial charge in [0.05, 0.1) is 12.9 Å². The van der Waals surface area contributed by atoms with Crippen LogP contribution in [0.4, 0.5) is 10.8 Å². The van der Waals surface area contributed by atoms with Crippen molar-refractivity contribution in [3.05, 3.63) is 24.3 Å². The van der Waals surface area contributed by atoms with E-state index in [9.17, 15) is 4.79 Å². The highest BCUT2D eigenvalue weighted by atomic mass is 32.2. The van der Waals surface area contributed by atoms with Crippen LogP contribution in [0.1, 0.15) is 32.6 Å². The summed E-state index contributed by atoms with van der Waals surface area (Å²) < 4.78 is 5.93. The molecule has 0 saturated heterocycles. The maximum atomic E-state index is 12.2. The average molecular weight is 393 g/mol. The summed E-state index contributed by atoms with van der Waals surface area (Å²) in [7, 11) is 1.64. The van der Waals surface area contributed by atoms with Crippen LogP contribution >= 0.6 is 23.1 Å². The number of nitrogens with zero attached hydrogens (tertiary/aromatic N) is 2. The highest BCUT2D eigenvalue weighted by Gasteiger charge is 2.22. The molecule has 0 bridgehead atoms. The Bertz CT molecular complexity index is 720. The Kier molecular flexibility index (Phi) is 6.73. The van der Waals surface area contributed by atoms with E-state index in [0.717, 1.165) is 22.2 Å². The van der Waals surface area contributed by atoms with Crippen LogP contribution in [0.2, 0.25) is 0 Å². The van der Waals surface area contributed by atoms with E-state index in [1.54, 1.807) is 7.11 Å². The van der Waals surface area contributed by atoms with Crippen molar-refractivity contribution < 1.29 is 9.53 Å². The van der Waals surface area contributed by atoms with Crippen LogP contribution in [0, 0.1) is 5.92 Å². The van der Waals surface area contributed by atoms with Gasteiger partial charge >= 0.3 is 0 Å². The monoisotopic (exact) mass is 392 g/mol. The number of benzene rings is 1. The van der Waals surface area contributed by atoms with Gasteiger partial charge in [-0.1, -0.05) is 42.9 Å². The number of nitrogens with one attached hydrogen (secondary N) is 2. The molecule has 1 aromatic carbocycles. The van der Waals surface area contributed by atoms with Gasteiger partial charge in [-0.2, -0.15) is 0 Å². The summed E-state index contributed by atoms with van der Waals surface area (Å²) in [5.74, 6) is 1.83. The zero-order valence-electron chi connectivity index (χ0n) is 15.0. The van der Waals surface area contributed by atoms with E-state index in [1.165, 1.54) is 42.4 Å². The van der Waals surface area contributed by atoms with Crippen LogP contribution in [-0.4, -0.2) is 35.0 Å². The molecule has 1 aliphatic carbocycles. The van der Waals surface area contributed by atoms with Crippen LogP contribution in [-0.2, 0) is 4.79 Å². The van der Waals surface area contributed by atoms with Crippen molar-refractivity contribution >= 4 is 39.8 Å². The molecule has 2 atom stereocenters. The number of hydrogen-bond donors (Lipinski definition) is 2. The number of carbonyl (C=O) groups excluding carboxylic acids is 1. The smallest absolute Gasteiger partial charge is 0.230 e. The van der Waals surface area contributed by atoms with E-state index in [0.29, 0.717) is 22.8 Å². The second kappa shape index (κ2) is 9.23. The van der Waals surface area contributed by atoms with Crippen LogP contribution in [0.3, 0.4) is 0 Å². The summed E-state index contributed by atoms with van der Waals surface area (Å²) in [6.07, 6.45) is 4.78. The minimum Gasteiger partial charge on any atom is -0.497 e. The fourth-order valence-corrected chi connectivity index (χ4v) is 4.61. The highest BCUT2D eigenvalue weighted by Crippen LogP contribution is 2.28. The Morgan fingerprint density at radius 2 is 2.04 bits per heavy atom. The van der Waals surface area contributed by atoms with Gasteiger partial charge in [-0.05, 0) is 43.0 Å².